The smallest absolute Gasteiger partial charge is 0.0703 e. The Kier molecular flexibility index (Phi) is 3.22. The van der Waals surface area contributed by atoms with Gasteiger partial charge in [-0.3, -0.25) is 0 Å². The van der Waals surface area contributed by atoms with Gasteiger partial charge in [0.15, 0.2) is 0 Å². The topological polar surface area (TPSA) is 35.8 Å². The van der Waals surface area contributed by atoms with Gasteiger partial charge < -0.3 is 5.32 Å². The van der Waals surface area contributed by atoms with Crippen molar-refractivity contribution in [1.82, 2.24) is 5.32 Å². The fourth-order valence-corrected chi connectivity index (χ4v) is 2.13. The fraction of sp³-hybridized carbons (Fsp3) is 0.533. The van der Waals surface area contributed by atoms with E-state index in [4.69, 9.17) is 5.26 Å². The van der Waals surface area contributed by atoms with Crippen LogP contribution in [0, 0.1) is 37.5 Å². The van der Waals surface area contributed by atoms with Crippen LogP contribution in [-0.2, 0) is 6.54 Å². The average molecular weight is 228 g/mol. The summed E-state index contributed by atoms with van der Waals surface area (Å²) < 4.78 is 0. The van der Waals surface area contributed by atoms with Crippen LogP contribution in [-0.4, -0.2) is 6.54 Å². The molecular formula is C15H20N2. The van der Waals surface area contributed by atoms with Crippen molar-refractivity contribution in [3.8, 4) is 6.07 Å². The fourth-order valence-electron chi connectivity index (χ4n) is 2.13. The third kappa shape index (κ3) is 2.68. The molecule has 0 radical (unpaired) electrons. The first-order valence-electron chi connectivity index (χ1n) is 6.25. The second-order valence-electron chi connectivity index (χ2n) is 5.36. The molecule has 1 N–H and O–H groups in total. The SMILES string of the molecule is Cc1cc(C)c(CNCC2(C#N)CC2)cc1C. The Morgan fingerprint density at radius 1 is 1.18 bits per heavy atom. The third-order valence-electron chi connectivity index (χ3n) is 3.82. The second-order valence-corrected chi connectivity index (χ2v) is 5.36. The highest BCUT2D eigenvalue weighted by molar-refractivity contribution is 5.36. The number of hydrogen-bond donors (Lipinski definition) is 1. The molecule has 0 bridgehead atoms. The molecule has 17 heavy (non-hydrogen) atoms. The van der Waals surface area contributed by atoms with Crippen molar-refractivity contribution in [2.24, 2.45) is 5.41 Å². The number of nitriles is 1. The molecule has 2 rings (SSSR count). The van der Waals surface area contributed by atoms with Gasteiger partial charge >= 0.3 is 0 Å². The van der Waals surface area contributed by atoms with E-state index in [2.05, 4.69) is 44.3 Å². The first-order valence-corrected chi connectivity index (χ1v) is 6.25. The lowest BCUT2D eigenvalue weighted by Gasteiger charge is -2.12. The minimum atomic E-state index is -0.0480. The van der Waals surface area contributed by atoms with Crippen LogP contribution in [0.25, 0.3) is 0 Å². The predicted molar refractivity (Wildman–Crippen MR) is 69.6 cm³/mol. The molecule has 1 fully saturated rings. The van der Waals surface area contributed by atoms with Crippen molar-refractivity contribution in [3.63, 3.8) is 0 Å². The zero-order valence-corrected chi connectivity index (χ0v) is 10.9. The molecule has 0 atom stereocenters. The van der Waals surface area contributed by atoms with Crippen molar-refractivity contribution in [1.29, 1.82) is 5.26 Å². The maximum Gasteiger partial charge on any atom is 0.0703 e. The molecular weight excluding hydrogens is 208 g/mol. The molecule has 2 nitrogen and oxygen atoms in total. The molecule has 90 valence electrons. The quantitative estimate of drug-likeness (QED) is 0.860. The van der Waals surface area contributed by atoms with Crippen LogP contribution in [0.3, 0.4) is 0 Å². The van der Waals surface area contributed by atoms with Gasteiger partial charge in [0.1, 0.15) is 0 Å². The van der Waals surface area contributed by atoms with Gasteiger partial charge in [-0.15, -0.1) is 0 Å². The van der Waals surface area contributed by atoms with Crippen LogP contribution in [0.1, 0.15) is 35.1 Å². The Morgan fingerprint density at radius 3 is 2.41 bits per heavy atom. The predicted octanol–water partition coefficient (Wildman–Crippen LogP) is 3.01. The van der Waals surface area contributed by atoms with Crippen LogP contribution >= 0.6 is 0 Å². The maximum absolute atomic E-state index is 9.00. The Labute approximate surface area is 104 Å². The van der Waals surface area contributed by atoms with Crippen LogP contribution in [0.4, 0.5) is 0 Å². The second kappa shape index (κ2) is 4.50. The van der Waals surface area contributed by atoms with Crippen molar-refractivity contribution >= 4 is 0 Å². The van der Waals surface area contributed by atoms with Crippen molar-refractivity contribution in [2.45, 2.75) is 40.2 Å². The van der Waals surface area contributed by atoms with Crippen molar-refractivity contribution in [3.05, 3.63) is 34.4 Å². The lowest BCUT2D eigenvalue weighted by atomic mass is 10.0. The summed E-state index contributed by atoms with van der Waals surface area (Å²) in [4.78, 5) is 0. The number of hydrogen-bond acceptors (Lipinski definition) is 2. The van der Waals surface area contributed by atoms with Gasteiger partial charge in [0.05, 0.1) is 11.5 Å². The lowest BCUT2D eigenvalue weighted by molar-refractivity contribution is 0.557. The highest BCUT2D eigenvalue weighted by atomic mass is 14.9. The monoisotopic (exact) mass is 228 g/mol. The van der Waals surface area contributed by atoms with Gasteiger partial charge in [-0.25, -0.2) is 0 Å². The zero-order valence-electron chi connectivity index (χ0n) is 10.9. The molecule has 1 aliphatic carbocycles. The van der Waals surface area contributed by atoms with Crippen molar-refractivity contribution in [2.75, 3.05) is 6.54 Å². The zero-order chi connectivity index (χ0) is 12.5. The number of benzene rings is 1. The van der Waals surface area contributed by atoms with E-state index in [0.717, 1.165) is 25.9 Å². The van der Waals surface area contributed by atoms with Gasteiger partial charge in [0, 0.05) is 13.1 Å². The van der Waals surface area contributed by atoms with Gasteiger partial charge in [0.25, 0.3) is 0 Å². The van der Waals surface area contributed by atoms with Crippen molar-refractivity contribution < 1.29 is 0 Å². The normalized spacial score (nSPS) is 16.6. The summed E-state index contributed by atoms with van der Waals surface area (Å²) in [6.45, 7) is 8.15. The van der Waals surface area contributed by atoms with E-state index in [9.17, 15) is 0 Å². The summed E-state index contributed by atoms with van der Waals surface area (Å²) in [7, 11) is 0. The standard InChI is InChI=1S/C15H20N2/c1-11-6-13(3)14(7-12(11)2)8-17-10-15(9-16)4-5-15/h6-7,17H,4-5,8,10H2,1-3H3. The lowest BCUT2D eigenvalue weighted by Crippen LogP contribution is -2.23. The molecule has 0 aliphatic heterocycles. The molecule has 1 aliphatic rings. The molecule has 0 heterocycles. The van der Waals surface area contributed by atoms with E-state index >= 15 is 0 Å². The summed E-state index contributed by atoms with van der Waals surface area (Å²) in [6, 6.07) is 6.90. The molecule has 0 amide bonds. The molecule has 1 saturated carbocycles. The minimum absolute atomic E-state index is 0.0480. The number of nitrogens with one attached hydrogen (secondary N) is 1. The summed E-state index contributed by atoms with van der Waals surface area (Å²) in [5.74, 6) is 0. The Bertz CT molecular complexity index is 465. The maximum atomic E-state index is 9.00. The molecule has 2 heteroatoms. The third-order valence-corrected chi connectivity index (χ3v) is 3.82. The first kappa shape index (κ1) is 12.1. The molecule has 1 aromatic carbocycles. The van der Waals surface area contributed by atoms with Crippen LogP contribution in [0.2, 0.25) is 0 Å². The Morgan fingerprint density at radius 2 is 1.82 bits per heavy atom. The van der Waals surface area contributed by atoms with E-state index in [1.165, 1.54) is 22.3 Å². The molecule has 1 aromatic rings. The van der Waals surface area contributed by atoms with Crippen LogP contribution < -0.4 is 5.32 Å². The highest BCUT2D eigenvalue weighted by Crippen LogP contribution is 2.44. The average Bonchev–Trinajstić information content (AvgIpc) is 3.06. The van der Waals surface area contributed by atoms with Gasteiger partial charge in [-0.2, -0.15) is 5.26 Å². The first-order chi connectivity index (χ1) is 8.06. The molecule has 0 aromatic heterocycles. The van der Waals surface area contributed by atoms with Crippen LogP contribution in [0.15, 0.2) is 12.1 Å². The van der Waals surface area contributed by atoms with Gasteiger partial charge in [-0.05, 0) is 55.9 Å². The van der Waals surface area contributed by atoms with E-state index in [1.54, 1.807) is 0 Å². The summed E-state index contributed by atoms with van der Waals surface area (Å²) in [6.07, 6.45) is 2.12. The minimum Gasteiger partial charge on any atom is -0.311 e. The molecule has 0 unspecified atom stereocenters. The Hall–Kier alpha value is -1.33. The largest absolute Gasteiger partial charge is 0.311 e. The van der Waals surface area contributed by atoms with Crippen LogP contribution in [0.5, 0.6) is 0 Å². The number of aryl methyl sites for hydroxylation is 3. The van der Waals surface area contributed by atoms with E-state index in [0.29, 0.717) is 0 Å². The summed E-state index contributed by atoms with van der Waals surface area (Å²) in [5, 5.41) is 12.4. The van der Waals surface area contributed by atoms with Gasteiger partial charge in [0.2, 0.25) is 0 Å². The molecule has 0 saturated heterocycles. The summed E-state index contributed by atoms with van der Waals surface area (Å²) in [5.41, 5.74) is 5.33. The van der Waals surface area contributed by atoms with Gasteiger partial charge in [-0.1, -0.05) is 12.1 Å². The Balaban J connectivity index is 1.95. The highest BCUT2D eigenvalue weighted by Gasteiger charge is 2.42. The van der Waals surface area contributed by atoms with E-state index in [-0.39, 0.29) is 5.41 Å². The van der Waals surface area contributed by atoms with E-state index < -0.39 is 0 Å². The van der Waals surface area contributed by atoms with E-state index in [1.807, 2.05) is 0 Å². The number of rotatable bonds is 4. The number of nitrogens with zero attached hydrogens (tertiary/aromatic N) is 1. The summed E-state index contributed by atoms with van der Waals surface area (Å²) >= 11 is 0. The molecule has 0 spiro atoms.